The summed E-state index contributed by atoms with van der Waals surface area (Å²) in [5.41, 5.74) is 6.33. The van der Waals surface area contributed by atoms with E-state index in [1.807, 2.05) is 0 Å². The molecule has 0 aliphatic heterocycles. The van der Waals surface area contributed by atoms with Gasteiger partial charge in [0.1, 0.15) is 0 Å². The van der Waals surface area contributed by atoms with Crippen molar-refractivity contribution >= 4 is 5.95 Å². The van der Waals surface area contributed by atoms with Crippen LogP contribution in [0.5, 0.6) is 0 Å². The predicted molar refractivity (Wildman–Crippen MR) is 40.2 cm³/mol. The maximum atomic E-state index is 5.33. The molecule has 0 saturated heterocycles. The molecule has 1 aromatic rings. The van der Waals surface area contributed by atoms with Gasteiger partial charge in [0.15, 0.2) is 5.95 Å². The van der Waals surface area contributed by atoms with Crippen molar-refractivity contribution in [2.75, 3.05) is 5.73 Å². The maximum Gasteiger partial charge on any atom is 0.197 e. The SMILES string of the molecule is C#CCCc1cnc(N)[nH]1. The largest absolute Gasteiger partial charge is 0.369 e. The highest BCUT2D eigenvalue weighted by Gasteiger charge is 1.93. The van der Waals surface area contributed by atoms with Gasteiger partial charge in [-0.1, -0.05) is 0 Å². The average Bonchev–Trinajstić information content (AvgIpc) is 2.31. The van der Waals surface area contributed by atoms with Gasteiger partial charge in [-0.05, 0) is 0 Å². The van der Waals surface area contributed by atoms with E-state index in [0.717, 1.165) is 18.5 Å². The Morgan fingerprint density at radius 1 is 1.80 bits per heavy atom. The van der Waals surface area contributed by atoms with Crippen LogP contribution >= 0.6 is 0 Å². The first-order valence-corrected chi connectivity index (χ1v) is 3.05. The first-order valence-electron chi connectivity index (χ1n) is 3.05. The van der Waals surface area contributed by atoms with Crippen LogP contribution < -0.4 is 5.73 Å². The van der Waals surface area contributed by atoms with E-state index in [9.17, 15) is 0 Å². The van der Waals surface area contributed by atoms with E-state index in [-0.39, 0.29) is 0 Å². The highest BCUT2D eigenvalue weighted by atomic mass is 15.0. The number of nitrogens with zero attached hydrogens (tertiary/aromatic N) is 1. The quantitative estimate of drug-likeness (QED) is 0.582. The number of nitrogen functional groups attached to an aromatic ring is 1. The highest BCUT2D eigenvalue weighted by molar-refractivity contribution is 5.18. The molecule has 0 spiro atoms. The summed E-state index contributed by atoms with van der Waals surface area (Å²) in [4.78, 5) is 6.71. The number of imidazole rings is 1. The minimum Gasteiger partial charge on any atom is -0.369 e. The molecule has 52 valence electrons. The molecular formula is C7H9N3. The lowest BCUT2D eigenvalue weighted by Gasteiger charge is -1.87. The van der Waals surface area contributed by atoms with Crippen molar-refractivity contribution in [3.8, 4) is 12.3 Å². The zero-order valence-corrected chi connectivity index (χ0v) is 5.59. The minimum absolute atomic E-state index is 0.451. The molecular weight excluding hydrogens is 126 g/mol. The molecule has 3 nitrogen and oxygen atoms in total. The van der Waals surface area contributed by atoms with Crippen molar-refractivity contribution in [3.63, 3.8) is 0 Å². The Labute approximate surface area is 59.7 Å². The van der Waals surface area contributed by atoms with E-state index < -0.39 is 0 Å². The van der Waals surface area contributed by atoms with Crippen LogP contribution in [-0.2, 0) is 6.42 Å². The summed E-state index contributed by atoms with van der Waals surface area (Å²) in [5.74, 6) is 2.99. The fourth-order valence-electron chi connectivity index (χ4n) is 0.710. The molecule has 1 heterocycles. The molecule has 0 aliphatic carbocycles. The van der Waals surface area contributed by atoms with Gasteiger partial charge < -0.3 is 10.7 Å². The van der Waals surface area contributed by atoms with Gasteiger partial charge in [0.2, 0.25) is 0 Å². The molecule has 0 fully saturated rings. The molecule has 0 bridgehead atoms. The Morgan fingerprint density at radius 3 is 3.10 bits per heavy atom. The van der Waals surface area contributed by atoms with Gasteiger partial charge in [0.05, 0.1) is 6.20 Å². The van der Waals surface area contributed by atoms with E-state index in [4.69, 9.17) is 12.2 Å². The van der Waals surface area contributed by atoms with Crippen molar-refractivity contribution in [1.82, 2.24) is 9.97 Å². The van der Waals surface area contributed by atoms with Gasteiger partial charge in [0, 0.05) is 18.5 Å². The lowest BCUT2D eigenvalue weighted by molar-refractivity contribution is 0.982. The van der Waals surface area contributed by atoms with Crippen LogP contribution in [0.1, 0.15) is 12.1 Å². The topological polar surface area (TPSA) is 54.7 Å². The number of nitrogens with two attached hydrogens (primary N) is 1. The zero-order chi connectivity index (χ0) is 7.40. The Bertz CT molecular complexity index is 244. The van der Waals surface area contributed by atoms with Gasteiger partial charge in [-0.25, -0.2) is 4.98 Å². The standard InChI is InChI=1S/C7H9N3/c1-2-3-4-6-5-9-7(8)10-6/h1,5H,3-4H2,(H3,8,9,10). The number of nitrogens with one attached hydrogen (secondary N) is 1. The molecule has 3 heteroatoms. The maximum absolute atomic E-state index is 5.33. The van der Waals surface area contributed by atoms with E-state index in [1.165, 1.54) is 0 Å². The summed E-state index contributed by atoms with van der Waals surface area (Å²) >= 11 is 0. The monoisotopic (exact) mass is 135 g/mol. The van der Waals surface area contributed by atoms with Gasteiger partial charge in [-0.15, -0.1) is 12.3 Å². The smallest absolute Gasteiger partial charge is 0.197 e. The van der Waals surface area contributed by atoms with Crippen molar-refractivity contribution in [3.05, 3.63) is 11.9 Å². The van der Waals surface area contributed by atoms with Gasteiger partial charge in [-0.2, -0.15) is 0 Å². The van der Waals surface area contributed by atoms with Crippen molar-refractivity contribution in [2.45, 2.75) is 12.8 Å². The van der Waals surface area contributed by atoms with Crippen LogP contribution in [-0.4, -0.2) is 9.97 Å². The molecule has 0 aromatic carbocycles. The highest BCUT2D eigenvalue weighted by Crippen LogP contribution is 1.99. The zero-order valence-electron chi connectivity index (χ0n) is 5.59. The number of anilines is 1. The molecule has 0 atom stereocenters. The number of aryl methyl sites for hydroxylation is 1. The normalized spacial score (nSPS) is 9.10. The molecule has 0 unspecified atom stereocenters. The molecule has 0 aliphatic rings. The first-order chi connectivity index (χ1) is 4.83. The van der Waals surface area contributed by atoms with Crippen LogP contribution in [0.3, 0.4) is 0 Å². The summed E-state index contributed by atoms with van der Waals surface area (Å²) < 4.78 is 0. The Morgan fingerprint density at radius 2 is 2.60 bits per heavy atom. The van der Waals surface area contributed by atoms with Crippen molar-refractivity contribution < 1.29 is 0 Å². The number of H-pyrrole nitrogens is 1. The van der Waals surface area contributed by atoms with Crippen molar-refractivity contribution in [2.24, 2.45) is 0 Å². The van der Waals surface area contributed by atoms with Crippen LogP contribution in [0.25, 0.3) is 0 Å². The third kappa shape index (κ3) is 1.52. The Hall–Kier alpha value is -1.43. The van der Waals surface area contributed by atoms with Crippen LogP contribution in [0, 0.1) is 12.3 Å². The average molecular weight is 135 g/mol. The molecule has 3 N–H and O–H groups in total. The first kappa shape index (κ1) is 6.69. The fraction of sp³-hybridized carbons (Fsp3) is 0.286. The molecule has 0 amide bonds. The van der Waals surface area contributed by atoms with Gasteiger partial charge in [0.25, 0.3) is 0 Å². The van der Waals surface area contributed by atoms with Gasteiger partial charge in [-0.3, -0.25) is 0 Å². The summed E-state index contributed by atoms with van der Waals surface area (Å²) in [6, 6.07) is 0. The minimum atomic E-state index is 0.451. The van der Waals surface area contributed by atoms with Crippen molar-refractivity contribution in [1.29, 1.82) is 0 Å². The second-order valence-corrected chi connectivity index (χ2v) is 2.00. The molecule has 1 rings (SSSR count). The lowest BCUT2D eigenvalue weighted by atomic mass is 10.3. The Kier molecular flexibility index (Phi) is 1.96. The molecule has 10 heavy (non-hydrogen) atoms. The summed E-state index contributed by atoms with van der Waals surface area (Å²) in [7, 11) is 0. The third-order valence-electron chi connectivity index (χ3n) is 1.19. The Balaban J connectivity index is 2.52. The number of hydrogen-bond acceptors (Lipinski definition) is 2. The van der Waals surface area contributed by atoms with E-state index in [2.05, 4.69) is 15.9 Å². The predicted octanol–water partition coefficient (Wildman–Crippen LogP) is 0.558. The summed E-state index contributed by atoms with van der Waals surface area (Å²) in [5, 5.41) is 0. The number of hydrogen-bond donors (Lipinski definition) is 2. The number of rotatable bonds is 2. The third-order valence-corrected chi connectivity index (χ3v) is 1.19. The van der Waals surface area contributed by atoms with E-state index >= 15 is 0 Å². The van der Waals surface area contributed by atoms with Crippen LogP contribution in [0.15, 0.2) is 6.20 Å². The molecule has 0 saturated carbocycles. The summed E-state index contributed by atoms with van der Waals surface area (Å²) in [6.07, 6.45) is 8.31. The fourth-order valence-corrected chi connectivity index (χ4v) is 0.710. The molecule has 0 radical (unpaired) electrons. The molecule has 1 aromatic heterocycles. The number of terminal acetylenes is 1. The lowest BCUT2D eigenvalue weighted by Crippen LogP contribution is -1.87. The van der Waals surface area contributed by atoms with Gasteiger partial charge >= 0.3 is 0 Å². The number of aromatic nitrogens is 2. The van der Waals surface area contributed by atoms with Crippen LogP contribution in [0.4, 0.5) is 5.95 Å². The van der Waals surface area contributed by atoms with E-state index in [0.29, 0.717) is 5.95 Å². The second-order valence-electron chi connectivity index (χ2n) is 2.00. The van der Waals surface area contributed by atoms with Crippen LogP contribution in [0.2, 0.25) is 0 Å². The summed E-state index contributed by atoms with van der Waals surface area (Å²) in [6.45, 7) is 0. The van der Waals surface area contributed by atoms with E-state index in [1.54, 1.807) is 6.20 Å². The second kappa shape index (κ2) is 2.92. The number of aromatic amines is 1.